The van der Waals surface area contributed by atoms with Crippen LogP contribution in [0.2, 0.25) is 5.02 Å². The third-order valence-corrected chi connectivity index (χ3v) is 15.0. The van der Waals surface area contributed by atoms with Crippen LogP contribution in [0.1, 0.15) is 48.5 Å². The van der Waals surface area contributed by atoms with Crippen LogP contribution >= 0.6 is 35.8 Å². The number of thioether (sulfide) groups is 1. The topological polar surface area (TPSA) is 149 Å². The van der Waals surface area contributed by atoms with E-state index in [-0.39, 0.29) is 40.0 Å². The summed E-state index contributed by atoms with van der Waals surface area (Å²) in [6, 6.07) is 28.4. The molecule has 0 radical (unpaired) electrons. The number of nitrogens with zero attached hydrogens (tertiary/aromatic N) is 4. The lowest BCUT2D eigenvalue weighted by atomic mass is 9.71. The summed E-state index contributed by atoms with van der Waals surface area (Å²) in [5.41, 5.74) is 5.31. The van der Waals surface area contributed by atoms with Gasteiger partial charge in [0, 0.05) is 118 Å². The number of ether oxygens (including phenoxy) is 1. The van der Waals surface area contributed by atoms with Gasteiger partial charge < -0.3 is 25.2 Å². The molecule has 4 aromatic carbocycles. The highest BCUT2D eigenvalue weighted by atomic mass is 35.5. The molecule has 0 spiro atoms. The average Bonchev–Trinajstić information content (AvgIpc) is 3.28. The summed E-state index contributed by atoms with van der Waals surface area (Å²) in [5, 5.41) is 19.6. The number of carbonyl (C=O) groups is 1. The van der Waals surface area contributed by atoms with E-state index >= 15 is 0 Å². The van der Waals surface area contributed by atoms with Crippen molar-refractivity contribution < 1.29 is 22.9 Å². The molecule has 4 aromatic rings. The van der Waals surface area contributed by atoms with Gasteiger partial charge in [-0.2, -0.15) is 0 Å². The zero-order valence-electron chi connectivity index (χ0n) is 36.5. The van der Waals surface area contributed by atoms with Crippen molar-refractivity contribution in [3.05, 3.63) is 129 Å². The Balaban J connectivity index is 0.00000680. The molecule has 0 saturated carbocycles. The number of piperazine rings is 2. The maximum atomic E-state index is 13.4. The lowest BCUT2D eigenvalue weighted by molar-refractivity contribution is -0.384. The Morgan fingerprint density at radius 2 is 1.66 bits per heavy atom. The molecule has 2 heterocycles. The predicted octanol–water partition coefficient (Wildman–Crippen LogP) is 8.07. The zero-order chi connectivity index (χ0) is 44.4. The van der Waals surface area contributed by atoms with Gasteiger partial charge in [-0.1, -0.05) is 54.4 Å². The van der Waals surface area contributed by atoms with Crippen LogP contribution in [-0.2, 0) is 14.8 Å². The number of anilines is 2. The maximum Gasteiger partial charge on any atom is 0.293 e. The number of halogens is 2. The summed E-state index contributed by atoms with van der Waals surface area (Å²) >= 11 is 7.88. The number of amides is 1. The smallest absolute Gasteiger partial charge is 0.293 e. The lowest BCUT2D eigenvalue weighted by Gasteiger charge is -2.43. The van der Waals surface area contributed by atoms with Gasteiger partial charge >= 0.3 is 0 Å². The summed E-state index contributed by atoms with van der Waals surface area (Å²) in [7, 11) is -2.85. The van der Waals surface area contributed by atoms with Crippen molar-refractivity contribution in [1.29, 1.82) is 0 Å². The number of hydrogen-bond donors (Lipinski definition) is 3. The van der Waals surface area contributed by atoms with Crippen molar-refractivity contribution in [3.8, 4) is 0 Å². The molecule has 1 aliphatic carbocycles. The number of methoxy groups -OCH3 is 1. The molecule has 7 rings (SSSR count). The number of carbonyl (C=O) groups excluding carboxylic acids is 1. The highest BCUT2D eigenvalue weighted by molar-refractivity contribution is 7.99. The molecule has 3 aliphatic rings. The number of hydrogen-bond acceptors (Lipinski definition) is 12. The fourth-order valence-corrected chi connectivity index (χ4v) is 11.0. The first-order valence-electron chi connectivity index (χ1n) is 21.6. The maximum absolute atomic E-state index is 13.4. The molecule has 3 N–H and O–H groups in total. The van der Waals surface area contributed by atoms with Crippen molar-refractivity contribution in [1.82, 2.24) is 19.8 Å². The van der Waals surface area contributed by atoms with Crippen molar-refractivity contribution in [2.24, 2.45) is 5.41 Å². The summed E-state index contributed by atoms with van der Waals surface area (Å²) in [6.07, 6.45) is 3.85. The number of nitro groups is 1. The van der Waals surface area contributed by atoms with Gasteiger partial charge in [0.15, 0.2) is 0 Å². The molecule has 13 nitrogen and oxygen atoms in total. The fraction of sp³-hybridized carbons (Fsp3) is 0.426. The third-order valence-electron chi connectivity index (χ3n) is 12.3. The Bertz CT molecular complexity index is 2330. The van der Waals surface area contributed by atoms with E-state index in [0.717, 1.165) is 106 Å². The van der Waals surface area contributed by atoms with Crippen molar-refractivity contribution in [2.75, 3.05) is 95.1 Å². The number of nitro benzene ring substituents is 1. The number of allylic oxidation sites excluding steroid dienone is 1. The Kier molecular flexibility index (Phi) is 17.6. The van der Waals surface area contributed by atoms with E-state index in [1.165, 1.54) is 28.8 Å². The average molecular weight is 953 g/mol. The highest BCUT2D eigenvalue weighted by Crippen LogP contribution is 2.44. The fourth-order valence-electron chi connectivity index (χ4n) is 8.85. The number of benzene rings is 4. The molecule has 344 valence electrons. The largest absolute Gasteiger partial charge is 0.385 e. The van der Waals surface area contributed by atoms with Crippen LogP contribution in [0.4, 0.5) is 17.1 Å². The van der Waals surface area contributed by atoms with E-state index in [4.69, 9.17) is 16.3 Å². The van der Waals surface area contributed by atoms with E-state index < -0.39 is 26.5 Å². The number of nitrogens with one attached hydrogen (secondary N) is 3. The van der Waals surface area contributed by atoms with Crippen LogP contribution in [0.5, 0.6) is 0 Å². The van der Waals surface area contributed by atoms with Gasteiger partial charge in [0.2, 0.25) is 0 Å². The molecular weight excluding hydrogens is 894 g/mol. The van der Waals surface area contributed by atoms with Gasteiger partial charge in [-0.25, -0.2) is 13.1 Å². The molecule has 2 fully saturated rings. The molecule has 2 atom stereocenters. The molecule has 0 aromatic heterocycles. The highest BCUT2D eigenvalue weighted by Gasteiger charge is 2.35. The predicted molar refractivity (Wildman–Crippen MR) is 261 cm³/mol. The molecule has 2 unspecified atom stereocenters. The minimum absolute atomic E-state index is 0. The molecule has 0 bridgehead atoms. The minimum atomic E-state index is -4.44. The van der Waals surface area contributed by atoms with E-state index in [0.29, 0.717) is 18.8 Å². The van der Waals surface area contributed by atoms with Gasteiger partial charge in [0.1, 0.15) is 5.69 Å². The molecular formula is C47H59Cl2N7O6S2. The first kappa shape index (κ1) is 49.2. The Morgan fingerprint density at radius 3 is 2.33 bits per heavy atom. The number of rotatable bonds is 18. The van der Waals surface area contributed by atoms with Crippen LogP contribution in [0, 0.1) is 15.5 Å². The van der Waals surface area contributed by atoms with Gasteiger partial charge in [-0.15, -0.1) is 24.2 Å². The van der Waals surface area contributed by atoms with Gasteiger partial charge in [-0.05, 0) is 103 Å². The van der Waals surface area contributed by atoms with Gasteiger partial charge in [0.25, 0.3) is 21.6 Å². The summed E-state index contributed by atoms with van der Waals surface area (Å²) < 4.78 is 34.2. The monoisotopic (exact) mass is 951 g/mol. The second-order valence-corrected chi connectivity index (χ2v) is 20.2. The second kappa shape index (κ2) is 22.8. The van der Waals surface area contributed by atoms with E-state index in [1.807, 2.05) is 54.6 Å². The first-order valence-corrected chi connectivity index (χ1v) is 24.5. The third kappa shape index (κ3) is 13.2. The van der Waals surface area contributed by atoms with Crippen LogP contribution in [0.15, 0.2) is 112 Å². The molecule has 2 saturated heterocycles. The Hall–Kier alpha value is -4.19. The molecule has 17 heteroatoms. The summed E-state index contributed by atoms with van der Waals surface area (Å²) in [5.74, 6) is -0.229. The Morgan fingerprint density at radius 1 is 0.953 bits per heavy atom. The normalized spacial score (nSPS) is 19.1. The van der Waals surface area contributed by atoms with E-state index in [9.17, 15) is 23.3 Å². The van der Waals surface area contributed by atoms with Crippen molar-refractivity contribution >= 4 is 74.3 Å². The first-order chi connectivity index (χ1) is 30.4. The van der Waals surface area contributed by atoms with Crippen molar-refractivity contribution in [2.45, 2.75) is 48.4 Å². The van der Waals surface area contributed by atoms with Crippen LogP contribution < -0.4 is 20.3 Å². The minimum Gasteiger partial charge on any atom is -0.385 e. The standard InChI is InChI=1S/C47H58ClN7O6S2.ClH/c1-47(34-53-23-21-49-22-24-53)20-18-43(35-8-12-38(48)13-9-35)37(31-47)32-52-25-27-54(28-26-52)40-14-10-36(11-15-40)46(56)51-63(59,60)42-16-17-44(45(30-42)55(57)58)50-39(19-29-61-2)33-62-41-6-4-3-5-7-41;/h3-17,30,39,49-50H,18-29,31-34H2,1-2H3,(H,51,56);1H. The summed E-state index contributed by atoms with van der Waals surface area (Å²) in [4.78, 5) is 33.0. The second-order valence-electron chi connectivity index (χ2n) is 17.0. The van der Waals surface area contributed by atoms with Gasteiger partial charge in [-0.3, -0.25) is 19.8 Å². The van der Waals surface area contributed by atoms with Gasteiger partial charge in [0.05, 0.1) is 9.82 Å². The zero-order valence-corrected chi connectivity index (χ0v) is 39.7. The molecule has 2 aliphatic heterocycles. The van der Waals surface area contributed by atoms with E-state index in [2.05, 4.69) is 49.1 Å². The number of sulfonamides is 1. The lowest BCUT2D eigenvalue weighted by Crippen LogP contribution is -2.49. The SMILES string of the molecule is COCCC(CSc1ccccc1)Nc1ccc(S(=O)(=O)NC(=O)c2ccc(N3CCN(CC4=C(c5ccc(Cl)cc5)CCC(C)(CN5CCNCC5)C4)CC3)cc2)cc1[N+](=O)[O-].Cl. The summed E-state index contributed by atoms with van der Waals surface area (Å²) in [6.45, 7) is 12.6. The Labute approximate surface area is 392 Å². The van der Waals surface area contributed by atoms with Crippen LogP contribution in [0.3, 0.4) is 0 Å². The molecule has 1 amide bonds. The van der Waals surface area contributed by atoms with Crippen LogP contribution in [-0.4, -0.2) is 120 Å². The van der Waals surface area contributed by atoms with Crippen molar-refractivity contribution in [3.63, 3.8) is 0 Å². The molecule has 64 heavy (non-hydrogen) atoms. The quantitative estimate of drug-likeness (QED) is 0.0503. The van der Waals surface area contributed by atoms with Crippen LogP contribution in [0.25, 0.3) is 5.57 Å². The van der Waals surface area contributed by atoms with E-state index in [1.54, 1.807) is 31.0 Å².